The van der Waals surface area contributed by atoms with Crippen LogP contribution in [0.15, 0.2) is 24.3 Å². The molecule has 7 heteroatoms. The van der Waals surface area contributed by atoms with Gasteiger partial charge >= 0.3 is 0 Å². The van der Waals surface area contributed by atoms with Crippen molar-refractivity contribution in [1.29, 1.82) is 0 Å². The molecular weight excluding hydrogens is 323 g/mol. The van der Waals surface area contributed by atoms with E-state index in [-0.39, 0.29) is 21.6 Å². The number of nitrogens with zero attached hydrogens (tertiary/aromatic N) is 1. The molecule has 0 bridgehead atoms. The molecule has 0 saturated heterocycles. The molecule has 0 atom stereocenters. The number of rotatable bonds is 2. The third-order valence-corrected chi connectivity index (χ3v) is 3.29. The van der Waals surface area contributed by atoms with Crippen LogP contribution >= 0.6 is 34.8 Å². The summed E-state index contributed by atoms with van der Waals surface area (Å²) < 4.78 is 0. The summed E-state index contributed by atoms with van der Waals surface area (Å²) in [5.41, 5.74) is 1.04. The number of pyridine rings is 1. The Morgan fingerprint density at radius 3 is 2.60 bits per heavy atom. The normalized spacial score (nSPS) is 10.4. The summed E-state index contributed by atoms with van der Waals surface area (Å²) in [6, 6.07) is 5.75. The number of halogens is 3. The standard InChI is InChI=1S/C13H9Cl3N2O2/c1-6-4-10(15)17-12(16)11(6)18-13(20)8-5-7(14)2-3-9(8)19/h2-5,19H,1H3,(H,18,20). The monoisotopic (exact) mass is 330 g/mol. The van der Waals surface area contributed by atoms with Crippen molar-refractivity contribution in [2.24, 2.45) is 0 Å². The summed E-state index contributed by atoms with van der Waals surface area (Å²) in [4.78, 5) is 16.0. The minimum absolute atomic E-state index is 0.0444. The molecule has 1 aromatic heterocycles. The first kappa shape index (κ1) is 14.9. The second-order valence-electron chi connectivity index (χ2n) is 4.04. The molecule has 0 spiro atoms. The molecular formula is C13H9Cl3N2O2. The molecule has 0 fully saturated rings. The van der Waals surface area contributed by atoms with Gasteiger partial charge in [-0.1, -0.05) is 34.8 Å². The van der Waals surface area contributed by atoms with Crippen molar-refractivity contribution in [3.05, 3.63) is 50.7 Å². The number of carbonyl (C=O) groups is 1. The number of anilines is 1. The maximum Gasteiger partial charge on any atom is 0.259 e. The molecule has 1 heterocycles. The second-order valence-corrected chi connectivity index (χ2v) is 5.22. The zero-order valence-corrected chi connectivity index (χ0v) is 12.5. The van der Waals surface area contributed by atoms with Gasteiger partial charge in [-0.05, 0) is 36.8 Å². The SMILES string of the molecule is Cc1cc(Cl)nc(Cl)c1NC(=O)c1cc(Cl)ccc1O. The molecule has 104 valence electrons. The molecule has 0 saturated carbocycles. The molecule has 20 heavy (non-hydrogen) atoms. The first-order valence-corrected chi connectivity index (χ1v) is 6.64. The molecule has 0 radical (unpaired) electrons. The van der Waals surface area contributed by atoms with Crippen molar-refractivity contribution in [1.82, 2.24) is 4.98 Å². The highest BCUT2D eigenvalue weighted by Crippen LogP contribution is 2.28. The van der Waals surface area contributed by atoms with Gasteiger partial charge in [0.25, 0.3) is 5.91 Å². The van der Waals surface area contributed by atoms with E-state index in [0.29, 0.717) is 16.3 Å². The number of nitrogens with one attached hydrogen (secondary N) is 1. The second kappa shape index (κ2) is 5.87. The van der Waals surface area contributed by atoms with Crippen LogP contribution < -0.4 is 5.32 Å². The fraction of sp³-hybridized carbons (Fsp3) is 0.0769. The average molecular weight is 332 g/mol. The molecule has 2 N–H and O–H groups in total. The van der Waals surface area contributed by atoms with Crippen molar-refractivity contribution in [3.8, 4) is 5.75 Å². The number of amides is 1. The van der Waals surface area contributed by atoms with E-state index < -0.39 is 5.91 Å². The van der Waals surface area contributed by atoms with E-state index in [1.807, 2.05) is 0 Å². The molecule has 1 amide bonds. The molecule has 0 unspecified atom stereocenters. The van der Waals surface area contributed by atoms with Crippen LogP contribution in [0.2, 0.25) is 15.3 Å². The van der Waals surface area contributed by atoms with Crippen molar-refractivity contribution in [2.45, 2.75) is 6.92 Å². The Balaban J connectivity index is 2.35. The van der Waals surface area contributed by atoms with Gasteiger partial charge in [0.15, 0.2) is 5.15 Å². The Morgan fingerprint density at radius 2 is 1.95 bits per heavy atom. The van der Waals surface area contributed by atoms with E-state index >= 15 is 0 Å². The van der Waals surface area contributed by atoms with Crippen molar-refractivity contribution in [2.75, 3.05) is 5.32 Å². The smallest absolute Gasteiger partial charge is 0.259 e. The van der Waals surface area contributed by atoms with E-state index in [1.165, 1.54) is 18.2 Å². The Kier molecular flexibility index (Phi) is 4.38. The maximum absolute atomic E-state index is 12.1. The van der Waals surface area contributed by atoms with E-state index in [4.69, 9.17) is 34.8 Å². The first-order valence-electron chi connectivity index (χ1n) is 5.51. The highest BCUT2D eigenvalue weighted by Gasteiger charge is 2.16. The van der Waals surface area contributed by atoms with Crippen LogP contribution in [0.25, 0.3) is 0 Å². The number of aromatic hydroxyl groups is 1. The third kappa shape index (κ3) is 3.15. The van der Waals surface area contributed by atoms with Crippen LogP contribution in [0.4, 0.5) is 5.69 Å². The summed E-state index contributed by atoms with van der Waals surface area (Å²) in [5.74, 6) is -0.721. The van der Waals surface area contributed by atoms with Gasteiger partial charge in [-0.15, -0.1) is 0 Å². The van der Waals surface area contributed by atoms with Gasteiger partial charge in [0.1, 0.15) is 10.9 Å². The number of hydrogen-bond acceptors (Lipinski definition) is 3. The summed E-state index contributed by atoms with van der Waals surface area (Å²) in [6.07, 6.45) is 0. The fourth-order valence-electron chi connectivity index (χ4n) is 1.62. The lowest BCUT2D eigenvalue weighted by molar-refractivity contribution is 0.102. The maximum atomic E-state index is 12.1. The van der Waals surface area contributed by atoms with Gasteiger partial charge in [-0.3, -0.25) is 4.79 Å². The minimum Gasteiger partial charge on any atom is -0.507 e. The van der Waals surface area contributed by atoms with E-state index in [0.717, 1.165) is 0 Å². The van der Waals surface area contributed by atoms with Crippen LogP contribution in [0.5, 0.6) is 5.75 Å². The number of phenols is 1. The predicted octanol–water partition coefficient (Wildman–Crippen LogP) is 4.31. The van der Waals surface area contributed by atoms with Gasteiger partial charge < -0.3 is 10.4 Å². The Morgan fingerprint density at radius 1 is 1.25 bits per heavy atom. The zero-order valence-electron chi connectivity index (χ0n) is 10.2. The predicted molar refractivity (Wildman–Crippen MR) is 80.1 cm³/mol. The Hall–Kier alpha value is -1.49. The van der Waals surface area contributed by atoms with Gasteiger partial charge in [0.2, 0.25) is 0 Å². The van der Waals surface area contributed by atoms with Crippen LogP contribution in [0.3, 0.4) is 0 Å². The Bertz CT molecular complexity index is 666. The van der Waals surface area contributed by atoms with Gasteiger partial charge in [-0.25, -0.2) is 4.98 Å². The summed E-state index contributed by atoms with van der Waals surface area (Å²) in [7, 11) is 0. The first-order chi connectivity index (χ1) is 9.38. The highest BCUT2D eigenvalue weighted by atomic mass is 35.5. The van der Waals surface area contributed by atoms with E-state index in [1.54, 1.807) is 13.0 Å². The lowest BCUT2D eigenvalue weighted by atomic mass is 10.1. The number of carbonyl (C=O) groups excluding carboxylic acids is 1. The molecule has 2 aromatic rings. The van der Waals surface area contributed by atoms with Gasteiger partial charge in [0.05, 0.1) is 11.3 Å². The van der Waals surface area contributed by atoms with Gasteiger partial charge in [0, 0.05) is 5.02 Å². The number of aromatic nitrogens is 1. The van der Waals surface area contributed by atoms with Gasteiger partial charge in [-0.2, -0.15) is 0 Å². The average Bonchev–Trinajstić information content (AvgIpc) is 2.36. The fourth-order valence-corrected chi connectivity index (χ4v) is 2.37. The minimum atomic E-state index is -0.542. The molecule has 2 rings (SSSR count). The van der Waals surface area contributed by atoms with Crippen LogP contribution in [0, 0.1) is 6.92 Å². The number of phenolic OH excluding ortho intramolecular Hbond substituents is 1. The quantitative estimate of drug-likeness (QED) is 0.806. The highest BCUT2D eigenvalue weighted by molar-refractivity contribution is 6.35. The van der Waals surface area contributed by atoms with E-state index in [2.05, 4.69) is 10.3 Å². The Labute approximate surface area is 130 Å². The van der Waals surface area contributed by atoms with Crippen LogP contribution in [-0.2, 0) is 0 Å². The summed E-state index contributed by atoms with van der Waals surface area (Å²) in [6.45, 7) is 1.73. The molecule has 1 aromatic carbocycles. The zero-order chi connectivity index (χ0) is 14.9. The van der Waals surface area contributed by atoms with Crippen LogP contribution in [0.1, 0.15) is 15.9 Å². The largest absolute Gasteiger partial charge is 0.507 e. The van der Waals surface area contributed by atoms with Crippen molar-refractivity contribution < 1.29 is 9.90 Å². The number of hydrogen-bond donors (Lipinski definition) is 2. The summed E-state index contributed by atoms with van der Waals surface area (Å²) >= 11 is 17.5. The molecule has 0 aliphatic rings. The lowest BCUT2D eigenvalue weighted by Crippen LogP contribution is -2.14. The lowest BCUT2D eigenvalue weighted by Gasteiger charge is -2.11. The number of aryl methyl sites for hydroxylation is 1. The molecule has 0 aliphatic heterocycles. The third-order valence-electron chi connectivity index (χ3n) is 2.58. The molecule has 4 nitrogen and oxygen atoms in total. The number of benzene rings is 1. The van der Waals surface area contributed by atoms with Crippen LogP contribution in [-0.4, -0.2) is 16.0 Å². The topological polar surface area (TPSA) is 62.2 Å². The van der Waals surface area contributed by atoms with Crippen molar-refractivity contribution >= 4 is 46.4 Å². The molecule has 0 aliphatic carbocycles. The van der Waals surface area contributed by atoms with E-state index in [9.17, 15) is 9.90 Å². The summed E-state index contributed by atoms with van der Waals surface area (Å²) in [5, 5.41) is 12.9. The van der Waals surface area contributed by atoms with Crippen molar-refractivity contribution in [3.63, 3.8) is 0 Å².